The number of carbonyl (C=O) groups is 1. The molecule has 1 heterocycles. The Balaban J connectivity index is 1.80. The van der Waals surface area contributed by atoms with Crippen molar-refractivity contribution in [2.75, 3.05) is 37.6 Å². The minimum absolute atomic E-state index is 0.0641. The number of nitrogens with one attached hydrogen (secondary N) is 1. The Morgan fingerprint density at radius 3 is 2.45 bits per heavy atom. The number of hydrogen-bond donors (Lipinski definition) is 1. The van der Waals surface area contributed by atoms with E-state index in [4.69, 9.17) is 11.6 Å². The molecule has 0 atom stereocenters. The maximum Gasteiger partial charge on any atom is 0.317 e. The van der Waals surface area contributed by atoms with Crippen LogP contribution in [0.1, 0.15) is 19.8 Å². The number of carbonyl (C=O) groups excluding carboxylic acids is 1. The van der Waals surface area contributed by atoms with Gasteiger partial charge in [0.2, 0.25) is 0 Å². The highest BCUT2D eigenvalue weighted by Gasteiger charge is 2.20. The number of halogens is 1. The van der Waals surface area contributed by atoms with Gasteiger partial charge in [-0.05, 0) is 30.7 Å². The molecule has 0 bridgehead atoms. The van der Waals surface area contributed by atoms with Gasteiger partial charge in [0.1, 0.15) is 0 Å². The number of unbranched alkanes of at least 4 members (excludes halogenated alkanes) is 1. The third-order valence-corrected chi connectivity index (χ3v) is 3.82. The third-order valence-electron chi connectivity index (χ3n) is 3.57. The molecule has 2 amide bonds. The topological polar surface area (TPSA) is 35.6 Å². The van der Waals surface area contributed by atoms with E-state index >= 15 is 0 Å². The Bertz CT molecular complexity index is 427. The average molecular weight is 296 g/mol. The summed E-state index contributed by atoms with van der Waals surface area (Å²) in [6, 6.07) is 7.93. The molecule has 1 N–H and O–H groups in total. The van der Waals surface area contributed by atoms with Gasteiger partial charge in [0.05, 0.1) is 0 Å². The highest BCUT2D eigenvalue weighted by molar-refractivity contribution is 6.30. The second-order valence-electron chi connectivity index (χ2n) is 5.04. The van der Waals surface area contributed by atoms with Crippen molar-refractivity contribution in [1.82, 2.24) is 10.2 Å². The minimum Gasteiger partial charge on any atom is -0.368 e. The van der Waals surface area contributed by atoms with Gasteiger partial charge in [0, 0.05) is 43.4 Å². The normalized spacial score (nSPS) is 15.3. The highest BCUT2D eigenvalue weighted by atomic mass is 35.5. The number of amides is 2. The van der Waals surface area contributed by atoms with E-state index < -0.39 is 0 Å². The standard InChI is InChI=1S/C15H22ClN3O/c1-2-3-8-17-15(20)19-11-9-18(10-12-19)14-6-4-13(16)5-7-14/h4-7H,2-3,8-12H2,1H3,(H,17,20). The molecule has 1 fully saturated rings. The second-order valence-corrected chi connectivity index (χ2v) is 5.47. The molecule has 0 aromatic heterocycles. The van der Waals surface area contributed by atoms with Crippen LogP contribution in [0.25, 0.3) is 0 Å². The predicted molar refractivity (Wildman–Crippen MR) is 83.5 cm³/mol. The predicted octanol–water partition coefficient (Wildman–Crippen LogP) is 2.97. The fraction of sp³-hybridized carbons (Fsp3) is 0.533. The summed E-state index contributed by atoms with van der Waals surface area (Å²) in [5, 5.41) is 3.72. The van der Waals surface area contributed by atoms with Crippen LogP contribution in [-0.2, 0) is 0 Å². The van der Waals surface area contributed by atoms with Gasteiger partial charge in [-0.3, -0.25) is 0 Å². The van der Waals surface area contributed by atoms with Crippen LogP contribution in [0.4, 0.5) is 10.5 Å². The maximum atomic E-state index is 11.9. The molecule has 0 aliphatic carbocycles. The third kappa shape index (κ3) is 4.04. The molecule has 110 valence electrons. The van der Waals surface area contributed by atoms with Gasteiger partial charge in [-0.2, -0.15) is 0 Å². The molecule has 5 heteroatoms. The first-order valence-electron chi connectivity index (χ1n) is 7.24. The van der Waals surface area contributed by atoms with Gasteiger partial charge in [0.15, 0.2) is 0 Å². The number of anilines is 1. The van der Waals surface area contributed by atoms with Crippen molar-refractivity contribution >= 4 is 23.3 Å². The van der Waals surface area contributed by atoms with Crippen molar-refractivity contribution in [3.8, 4) is 0 Å². The molecular weight excluding hydrogens is 274 g/mol. The van der Waals surface area contributed by atoms with E-state index in [9.17, 15) is 4.79 Å². The summed E-state index contributed by atoms with van der Waals surface area (Å²) in [4.78, 5) is 16.1. The first-order valence-corrected chi connectivity index (χ1v) is 7.62. The molecule has 4 nitrogen and oxygen atoms in total. The van der Waals surface area contributed by atoms with Crippen molar-refractivity contribution in [3.05, 3.63) is 29.3 Å². The van der Waals surface area contributed by atoms with Crippen LogP contribution >= 0.6 is 11.6 Å². The lowest BCUT2D eigenvalue weighted by molar-refractivity contribution is 0.194. The quantitative estimate of drug-likeness (QED) is 0.867. The van der Waals surface area contributed by atoms with Crippen LogP contribution < -0.4 is 10.2 Å². The monoisotopic (exact) mass is 295 g/mol. The zero-order valence-corrected chi connectivity index (χ0v) is 12.7. The van der Waals surface area contributed by atoms with Crippen LogP contribution in [-0.4, -0.2) is 43.7 Å². The Morgan fingerprint density at radius 2 is 1.85 bits per heavy atom. The molecule has 1 saturated heterocycles. The molecule has 1 aromatic carbocycles. The van der Waals surface area contributed by atoms with Gasteiger partial charge in [0.25, 0.3) is 0 Å². The maximum absolute atomic E-state index is 11.9. The summed E-state index contributed by atoms with van der Waals surface area (Å²) in [6.45, 7) is 6.15. The summed E-state index contributed by atoms with van der Waals surface area (Å²) in [7, 11) is 0. The van der Waals surface area contributed by atoms with E-state index in [0.29, 0.717) is 0 Å². The Hall–Kier alpha value is -1.42. The van der Waals surface area contributed by atoms with E-state index in [-0.39, 0.29) is 6.03 Å². The molecule has 1 aromatic rings. The first-order chi connectivity index (χ1) is 9.70. The smallest absolute Gasteiger partial charge is 0.317 e. The van der Waals surface area contributed by atoms with Gasteiger partial charge in [-0.25, -0.2) is 4.79 Å². The van der Waals surface area contributed by atoms with Crippen LogP contribution in [0.15, 0.2) is 24.3 Å². The molecule has 1 aliphatic heterocycles. The van der Waals surface area contributed by atoms with E-state index in [1.54, 1.807) is 0 Å². The Kier molecular flexibility index (Phi) is 5.53. The number of benzene rings is 1. The second kappa shape index (κ2) is 7.39. The molecule has 0 radical (unpaired) electrons. The Morgan fingerprint density at radius 1 is 1.20 bits per heavy atom. The van der Waals surface area contributed by atoms with Crippen molar-refractivity contribution in [2.24, 2.45) is 0 Å². The number of nitrogens with zero attached hydrogens (tertiary/aromatic N) is 2. The van der Waals surface area contributed by atoms with Crippen LogP contribution in [0.3, 0.4) is 0 Å². The molecule has 20 heavy (non-hydrogen) atoms. The highest BCUT2D eigenvalue weighted by Crippen LogP contribution is 2.19. The number of rotatable bonds is 4. The molecule has 2 rings (SSSR count). The van der Waals surface area contributed by atoms with Gasteiger partial charge in [-0.15, -0.1) is 0 Å². The lowest BCUT2D eigenvalue weighted by Crippen LogP contribution is -2.52. The molecule has 1 aliphatic rings. The average Bonchev–Trinajstić information content (AvgIpc) is 2.48. The number of piperazine rings is 1. The van der Waals surface area contributed by atoms with Crippen molar-refractivity contribution in [3.63, 3.8) is 0 Å². The SMILES string of the molecule is CCCCNC(=O)N1CCN(c2ccc(Cl)cc2)CC1. The fourth-order valence-electron chi connectivity index (χ4n) is 2.30. The van der Waals surface area contributed by atoms with Crippen LogP contribution in [0.2, 0.25) is 5.02 Å². The van der Waals surface area contributed by atoms with E-state index in [0.717, 1.165) is 50.6 Å². The first kappa shape index (κ1) is 15.0. The zero-order valence-electron chi connectivity index (χ0n) is 11.9. The minimum atomic E-state index is 0.0641. The summed E-state index contributed by atoms with van der Waals surface area (Å²) in [6.07, 6.45) is 2.14. The van der Waals surface area contributed by atoms with Gasteiger partial charge in [-0.1, -0.05) is 24.9 Å². The molecule has 0 saturated carbocycles. The summed E-state index contributed by atoms with van der Waals surface area (Å²) < 4.78 is 0. The molecular formula is C15H22ClN3O. The number of urea groups is 1. The van der Waals surface area contributed by atoms with Gasteiger partial charge >= 0.3 is 6.03 Å². The molecule has 0 unspecified atom stereocenters. The fourth-order valence-corrected chi connectivity index (χ4v) is 2.43. The summed E-state index contributed by atoms with van der Waals surface area (Å²) in [5.74, 6) is 0. The van der Waals surface area contributed by atoms with Crippen molar-refractivity contribution < 1.29 is 4.79 Å². The zero-order chi connectivity index (χ0) is 14.4. The lowest BCUT2D eigenvalue weighted by atomic mass is 10.2. The largest absolute Gasteiger partial charge is 0.368 e. The number of hydrogen-bond acceptors (Lipinski definition) is 2. The Labute approximate surface area is 125 Å². The van der Waals surface area contributed by atoms with Crippen LogP contribution in [0.5, 0.6) is 0 Å². The van der Waals surface area contributed by atoms with E-state index in [1.165, 1.54) is 5.69 Å². The van der Waals surface area contributed by atoms with E-state index in [1.807, 2.05) is 29.2 Å². The lowest BCUT2D eigenvalue weighted by Gasteiger charge is -2.36. The summed E-state index contributed by atoms with van der Waals surface area (Å²) in [5.41, 5.74) is 1.17. The molecule has 0 spiro atoms. The van der Waals surface area contributed by atoms with Crippen molar-refractivity contribution in [1.29, 1.82) is 0 Å². The summed E-state index contributed by atoms with van der Waals surface area (Å²) >= 11 is 5.90. The van der Waals surface area contributed by atoms with Crippen molar-refractivity contribution in [2.45, 2.75) is 19.8 Å². The van der Waals surface area contributed by atoms with E-state index in [2.05, 4.69) is 17.1 Å². The van der Waals surface area contributed by atoms with Gasteiger partial charge < -0.3 is 15.1 Å². The van der Waals surface area contributed by atoms with Crippen LogP contribution in [0, 0.1) is 0 Å².